The van der Waals surface area contributed by atoms with Crippen molar-refractivity contribution < 1.29 is 23.5 Å². The largest absolute Gasteiger partial charge is 0.497 e. The van der Waals surface area contributed by atoms with Crippen LogP contribution in [0.3, 0.4) is 0 Å². The molecule has 0 saturated carbocycles. The number of methoxy groups -OCH3 is 1. The Labute approximate surface area is 233 Å². The van der Waals surface area contributed by atoms with Crippen LogP contribution in [0.15, 0.2) is 84.9 Å². The van der Waals surface area contributed by atoms with Gasteiger partial charge in [-0.15, -0.1) is 0 Å². The van der Waals surface area contributed by atoms with Crippen molar-refractivity contribution in [2.75, 3.05) is 18.8 Å². The summed E-state index contributed by atoms with van der Waals surface area (Å²) in [6, 6.07) is 27.1. The third-order valence-corrected chi connectivity index (χ3v) is 12.4. The monoisotopic (exact) mass is 547 g/mol. The van der Waals surface area contributed by atoms with Gasteiger partial charge >= 0.3 is 5.97 Å². The molecular weight excluding hydrogens is 506 g/mol. The third-order valence-electron chi connectivity index (χ3n) is 7.88. The average molecular weight is 548 g/mol. The lowest BCUT2D eigenvalue weighted by Gasteiger charge is -2.36. The van der Waals surface area contributed by atoms with Gasteiger partial charge in [0, 0.05) is 6.61 Å². The number of hydroxylamine groups is 1. The average Bonchev–Trinajstić information content (AvgIpc) is 3.31. The van der Waals surface area contributed by atoms with Crippen molar-refractivity contribution in [1.82, 2.24) is 0 Å². The summed E-state index contributed by atoms with van der Waals surface area (Å²) in [6.07, 6.45) is 0.165. The van der Waals surface area contributed by atoms with E-state index in [0.29, 0.717) is 13.0 Å². The summed E-state index contributed by atoms with van der Waals surface area (Å²) in [5, 5.41) is 1.96. The van der Waals surface area contributed by atoms with Crippen molar-refractivity contribution in [2.45, 2.75) is 64.1 Å². The van der Waals surface area contributed by atoms with Gasteiger partial charge in [0.25, 0.3) is 0 Å². The molecule has 0 N–H and O–H groups in total. The summed E-state index contributed by atoms with van der Waals surface area (Å²) in [6.45, 7) is 11.9. The number of carbonyl (C=O) groups is 1. The first-order chi connectivity index (χ1) is 18.6. The highest BCUT2D eigenvalue weighted by molar-refractivity contribution is 6.74. The summed E-state index contributed by atoms with van der Waals surface area (Å²) < 4.78 is 17.8. The van der Waals surface area contributed by atoms with Crippen LogP contribution in [0.5, 0.6) is 5.75 Å². The Bertz CT molecular complexity index is 1190. The van der Waals surface area contributed by atoms with E-state index in [0.717, 1.165) is 22.6 Å². The SMILES string of the molecule is COc1ccc([C@H]2[C@@H](C(=O)OCc3ccccc3)[C@@H](CCO[Si](C)(C)C(C)(C)C)ON2c2ccccc2)cc1. The zero-order valence-corrected chi connectivity index (χ0v) is 24.9. The maximum Gasteiger partial charge on any atom is 0.314 e. The Morgan fingerprint density at radius 2 is 1.54 bits per heavy atom. The molecule has 6 nitrogen and oxygen atoms in total. The molecule has 0 unspecified atom stereocenters. The number of hydrogen-bond acceptors (Lipinski definition) is 6. The first-order valence-corrected chi connectivity index (χ1v) is 16.5. The molecule has 0 spiro atoms. The minimum atomic E-state index is -1.96. The topological polar surface area (TPSA) is 57.2 Å². The molecule has 4 rings (SSSR count). The molecule has 3 aromatic carbocycles. The van der Waals surface area contributed by atoms with Gasteiger partial charge in [0.05, 0.1) is 18.8 Å². The molecule has 1 fully saturated rings. The van der Waals surface area contributed by atoms with E-state index in [1.165, 1.54) is 0 Å². The highest BCUT2D eigenvalue weighted by Crippen LogP contribution is 2.45. The Hall–Kier alpha value is -3.13. The normalized spacial score (nSPS) is 19.6. The lowest BCUT2D eigenvalue weighted by Crippen LogP contribution is -2.41. The number of benzene rings is 3. The second-order valence-corrected chi connectivity index (χ2v) is 16.3. The smallest absolute Gasteiger partial charge is 0.314 e. The maximum atomic E-state index is 13.8. The van der Waals surface area contributed by atoms with Crippen LogP contribution in [0.25, 0.3) is 0 Å². The van der Waals surface area contributed by atoms with Crippen LogP contribution in [0.2, 0.25) is 18.1 Å². The van der Waals surface area contributed by atoms with E-state index >= 15 is 0 Å². The van der Waals surface area contributed by atoms with Crippen molar-refractivity contribution in [3.63, 3.8) is 0 Å². The van der Waals surface area contributed by atoms with Gasteiger partial charge < -0.3 is 13.9 Å². The van der Waals surface area contributed by atoms with Gasteiger partial charge in [-0.3, -0.25) is 9.63 Å². The van der Waals surface area contributed by atoms with Gasteiger partial charge in [0.15, 0.2) is 8.32 Å². The standard InChI is InChI=1S/C32H41NO5Si/c1-32(2,3)39(5,6)37-22-21-28-29(31(34)36-23-24-13-9-7-10-14-24)30(25-17-19-27(35-4)20-18-25)33(38-28)26-15-11-8-12-16-26/h7-20,28-30H,21-23H2,1-6H3/t28-,29+,30+/m1/s1. The van der Waals surface area contributed by atoms with Gasteiger partial charge in [0.2, 0.25) is 0 Å². The molecular formula is C32H41NO5Si. The number of hydrogen-bond donors (Lipinski definition) is 0. The lowest BCUT2D eigenvalue weighted by atomic mass is 9.88. The van der Waals surface area contributed by atoms with Crippen LogP contribution in [0, 0.1) is 5.92 Å². The lowest BCUT2D eigenvalue weighted by molar-refractivity contribution is -0.152. The number of para-hydroxylation sites is 1. The number of nitrogens with zero attached hydrogens (tertiary/aromatic N) is 1. The van der Waals surface area contributed by atoms with Crippen molar-refractivity contribution in [3.05, 3.63) is 96.1 Å². The minimum absolute atomic E-state index is 0.0965. The fraction of sp³-hybridized carbons (Fsp3) is 0.406. The first-order valence-electron chi connectivity index (χ1n) is 13.6. The fourth-order valence-corrected chi connectivity index (χ4v) is 5.61. The highest BCUT2D eigenvalue weighted by atomic mass is 28.4. The van der Waals surface area contributed by atoms with E-state index in [9.17, 15) is 4.79 Å². The maximum absolute atomic E-state index is 13.8. The zero-order chi connectivity index (χ0) is 28.0. The van der Waals surface area contributed by atoms with Crippen molar-refractivity contribution in [3.8, 4) is 5.75 Å². The fourth-order valence-electron chi connectivity index (χ4n) is 4.55. The number of esters is 1. The summed E-state index contributed by atoms with van der Waals surface area (Å²) in [7, 11) is -0.312. The van der Waals surface area contributed by atoms with Crippen LogP contribution < -0.4 is 9.80 Å². The number of ether oxygens (including phenoxy) is 2. The van der Waals surface area contributed by atoms with E-state index in [-0.39, 0.29) is 23.7 Å². The highest BCUT2D eigenvalue weighted by Gasteiger charge is 2.49. The van der Waals surface area contributed by atoms with Crippen molar-refractivity contribution in [2.24, 2.45) is 5.92 Å². The Kier molecular flexibility index (Phi) is 9.15. The molecule has 0 radical (unpaired) electrons. The van der Waals surface area contributed by atoms with E-state index in [1.54, 1.807) is 7.11 Å². The molecule has 1 aliphatic heterocycles. The van der Waals surface area contributed by atoms with E-state index in [1.807, 2.05) is 90.0 Å². The van der Waals surface area contributed by atoms with Gasteiger partial charge in [-0.05, 0) is 59.9 Å². The van der Waals surface area contributed by atoms with Crippen LogP contribution in [0.4, 0.5) is 5.69 Å². The van der Waals surface area contributed by atoms with E-state index in [4.69, 9.17) is 18.7 Å². The molecule has 0 bridgehead atoms. The minimum Gasteiger partial charge on any atom is -0.497 e. The predicted molar refractivity (Wildman–Crippen MR) is 157 cm³/mol. The molecule has 0 aliphatic carbocycles. The van der Waals surface area contributed by atoms with Gasteiger partial charge in [-0.1, -0.05) is 81.4 Å². The molecule has 208 valence electrons. The molecule has 3 atom stereocenters. The molecule has 3 aromatic rings. The zero-order valence-electron chi connectivity index (χ0n) is 23.9. The first kappa shape index (κ1) is 28.9. The van der Waals surface area contributed by atoms with Crippen molar-refractivity contribution in [1.29, 1.82) is 0 Å². The Morgan fingerprint density at radius 1 is 0.923 bits per heavy atom. The van der Waals surface area contributed by atoms with E-state index < -0.39 is 20.3 Å². The van der Waals surface area contributed by atoms with Crippen LogP contribution in [-0.2, 0) is 25.4 Å². The Morgan fingerprint density at radius 3 is 2.13 bits per heavy atom. The van der Waals surface area contributed by atoms with Crippen LogP contribution in [0.1, 0.15) is 44.4 Å². The molecule has 1 saturated heterocycles. The molecule has 0 amide bonds. The quantitative estimate of drug-likeness (QED) is 0.196. The number of rotatable bonds is 10. The second-order valence-electron chi connectivity index (χ2n) is 11.5. The van der Waals surface area contributed by atoms with Crippen LogP contribution in [-0.4, -0.2) is 34.1 Å². The van der Waals surface area contributed by atoms with Crippen molar-refractivity contribution >= 4 is 20.0 Å². The summed E-state index contributed by atoms with van der Waals surface area (Å²) >= 11 is 0. The molecule has 1 aliphatic rings. The number of anilines is 1. The molecule has 1 heterocycles. The Balaban J connectivity index is 1.65. The third kappa shape index (κ3) is 6.90. The molecule has 0 aromatic heterocycles. The number of carbonyl (C=O) groups excluding carboxylic acids is 1. The van der Waals surface area contributed by atoms with Crippen LogP contribution >= 0.6 is 0 Å². The van der Waals surface area contributed by atoms with Gasteiger partial charge in [-0.2, -0.15) is 0 Å². The summed E-state index contributed by atoms with van der Waals surface area (Å²) in [4.78, 5) is 20.4. The van der Waals surface area contributed by atoms with Gasteiger partial charge in [-0.25, -0.2) is 5.06 Å². The molecule has 39 heavy (non-hydrogen) atoms. The van der Waals surface area contributed by atoms with Gasteiger partial charge in [0.1, 0.15) is 24.4 Å². The van der Waals surface area contributed by atoms with E-state index in [2.05, 4.69) is 33.9 Å². The second kappa shape index (κ2) is 12.4. The molecule has 7 heteroatoms. The summed E-state index contributed by atoms with van der Waals surface area (Å²) in [5.74, 6) is -0.0767. The summed E-state index contributed by atoms with van der Waals surface area (Å²) in [5.41, 5.74) is 2.78. The predicted octanol–water partition coefficient (Wildman–Crippen LogP) is 7.33.